The van der Waals surface area contributed by atoms with Gasteiger partial charge in [-0.1, -0.05) is 65.4 Å². The number of nitro groups is 1. The van der Waals surface area contributed by atoms with E-state index in [4.69, 9.17) is 4.84 Å². The first kappa shape index (κ1) is 29.1. The van der Waals surface area contributed by atoms with Gasteiger partial charge in [-0.15, -0.1) is 0 Å². The van der Waals surface area contributed by atoms with Crippen LogP contribution in [-0.4, -0.2) is 28.2 Å². The van der Waals surface area contributed by atoms with Crippen LogP contribution in [0.15, 0.2) is 124 Å². The molecule has 0 heterocycles. The third-order valence-electron chi connectivity index (χ3n) is 6.72. The Morgan fingerprint density at radius 3 is 1.98 bits per heavy atom. The van der Waals surface area contributed by atoms with Crippen molar-refractivity contribution in [3.63, 3.8) is 0 Å². The van der Waals surface area contributed by atoms with Gasteiger partial charge < -0.3 is 4.84 Å². The molecule has 0 spiro atoms. The van der Waals surface area contributed by atoms with Gasteiger partial charge in [0.05, 0.1) is 4.92 Å². The molecule has 0 aliphatic carbocycles. The molecule has 0 aliphatic heterocycles. The SMILES string of the molecule is CC(=O)O/N=C(/C(=O)c1ccc(Sc2ccc(C(=O)c3ccc4ccccc4c3)cc2)cc1)c1cccc([N+](=O)[O-])c1C. The average molecular weight is 589 g/mol. The highest BCUT2D eigenvalue weighted by Gasteiger charge is 2.24. The fourth-order valence-electron chi connectivity index (χ4n) is 4.52. The van der Waals surface area contributed by atoms with Crippen LogP contribution in [0.3, 0.4) is 0 Å². The highest BCUT2D eigenvalue weighted by molar-refractivity contribution is 7.99. The zero-order chi connectivity index (χ0) is 30.5. The molecule has 0 unspecified atom stereocenters. The molecule has 0 atom stereocenters. The Morgan fingerprint density at radius 2 is 1.35 bits per heavy atom. The predicted molar refractivity (Wildman–Crippen MR) is 165 cm³/mol. The second-order valence-electron chi connectivity index (χ2n) is 9.60. The van der Waals surface area contributed by atoms with Gasteiger partial charge in [0, 0.05) is 50.6 Å². The highest BCUT2D eigenvalue weighted by Crippen LogP contribution is 2.29. The lowest BCUT2D eigenvalue weighted by atomic mass is 9.96. The molecule has 5 aromatic rings. The summed E-state index contributed by atoms with van der Waals surface area (Å²) in [6.07, 6.45) is 0. The average Bonchev–Trinajstić information content (AvgIpc) is 3.01. The summed E-state index contributed by atoms with van der Waals surface area (Å²) in [6.45, 7) is 2.65. The molecule has 0 amide bonds. The summed E-state index contributed by atoms with van der Waals surface area (Å²) in [5, 5.41) is 17.3. The quantitative estimate of drug-likeness (QED) is 0.0573. The third kappa shape index (κ3) is 6.58. The van der Waals surface area contributed by atoms with Gasteiger partial charge in [0.1, 0.15) is 0 Å². The van der Waals surface area contributed by atoms with Gasteiger partial charge >= 0.3 is 5.97 Å². The lowest BCUT2D eigenvalue weighted by Crippen LogP contribution is -2.18. The van der Waals surface area contributed by atoms with Crippen molar-refractivity contribution in [2.24, 2.45) is 5.16 Å². The van der Waals surface area contributed by atoms with E-state index in [1.54, 1.807) is 36.4 Å². The van der Waals surface area contributed by atoms with E-state index < -0.39 is 16.7 Å². The molecule has 0 radical (unpaired) electrons. The van der Waals surface area contributed by atoms with Gasteiger partial charge in [0.25, 0.3) is 5.69 Å². The van der Waals surface area contributed by atoms with Crippen molar-refractivity contribution < 1.29 is 24.1 Å². The standard InChI is InChI=1S/C34H24N2O6S/c1-21-30(8-5-9-31(21)36(40)41)32(35-42-22(2)37)34(39)25-14-18-29(19-15-25)43-28-16-12-24(13-17-28)33(38)27-11-10-23-6-3-4-7-26(23)20-27/h3-20H,1-2H3/b35-32+. The zero-order valence-electron chi connectivity index (χ0n) is 23.1. The van der Waals surface area contributed by atoms with Crippen LogP contribution in [0.25, 0.3) is 10.8 Å². The van der Waals surface area contributed by atoms with Gasteiger partial charge in [0.2, 0.25) is 5.78 Å². The van der Waals surface area contributed by atoms with Gasteiger partial charge in [-0.25, -0.2) is 4.79 Å². The summed E-state index contributed by atoms with van der Waals surface area (Å²) in [7, 11) is 0. The summed E-state index contributed by atoms with van der Waals surface area (Å²) in [5.74, 6) is -1.35. The minimum absolute atomic E-state index is 0.0598. The van der Waals surface area contributed by atoms with Crippen molar-refractivity contribution in [2.45, 2.75) is 23.6 Å². The summed E-state index contributed by atoms with van der Waals surface area (Å²) >= 11 is 1.46. The molecule has 5 aromatic carbocycles. The fraction of sp³-hybridized carbons (Fsp3) is 0.0588. The van der Waals surface area contributed by atoms with E-state index >= 15 is 0 Å². The second kappa shape index (κ2) is 12.6. The maximum Gasteiger partial charge on any atom is 0.332 e. The monoisotopic (exact) mass is 588 g/mol. The van der Waals surface area contributed by atoms with E-state index in [1.165, 1.54) is 36.9 Å². The Balaban J connectivity index is 1.32. The number of rotatable bonds is 9. The molecule has 0 aliphatic rings. The molecule has 9 heteroatoms. The highest BCUT2D eigenvalue weighted by atomic mass is 32.2. The molecule has 8 nitrogen and oxygen atoms in total. The largest absolute Gasteiger partial charge is 0.332 e. The van der Waals surface area contributed by atoms with Crippen molar-refractivity contribution in [1.29, 1.82) is 0 Å². The minimum Gasteiger partial charge on any atom is -0.318 e. The Hall–Kier alpha value is -5.41. The van der Waals surface area contributed by atoms with Crippen molar-refractivity contribution in [1.82, 2.24) is 0 Å². The van der Waals surface area contributed by atoms with Crippen molar-refractivity contribution in [2.75, 3.05) is 0 Å². The zero-order valence-corrected chi connectivity index (χ0v) is 24.0. The first-order chi connectivity index (χ1) is 20.7. The Morgan fingerprint density at radius 1 is 0.744 bits per heavy atom. The molecule has 0 fully saturated rings. The van der Waals surface area contributed by atoms with Crippen LogP contribution in [0.1, 0.15) is 44.3 Å². The normalized spacial score (nSPS) is 11.3. The molecule has 0 bridgehead atoms. The fourth-order valence-corrected chi connectivity index (χ4v) is 5.34. The minimum atomic E-state index is -0.731. The van der Waals surface area contributed by atoms with Crippen LogP contribution in [0.4, 0.5) is 5.69 Å². The molecule has 212 valence electrons. The number of ketones is 2. The van der Waals surface area contributed by atoms with Crippen molar-refractivity contribution >= 4 is 51.5 Å². The number of fused-ring (bicyclic) bond motifs is 1. The number of Topliss-reactive ketones (excluding diaryl/α,β-unsaturated/α-hetero) is 1. The lowest BCUT2D eigenvalue weighted by Gasteiger charge is -2.10. The van der Waals surface area contributed by atoms with E-state index in [0.29, 0.717) is 11.1 Å². The Bertz CT molecular complexity index is 1910. The van der Waals surface area contributed by atoms with E-state index in [0.717, 1.165) is 27.5 Å². The number of benzene rings is 5. The van der Waals surface area contributed by atoms with Crippen LogP contribution >= 0.6 is 11.8 Å². The maximum atomic E-state index is 13.4. The second-order valence-corrected chi connectivity index (χ2v) is 10.7. The Labute approximate surface area is 251 Å². The number of oxime groups is 1. The summed E-state index contributed by atoms with van der Waals surface area (Å²) in [4.78, 5) is 55.3. The lowest BCUT2D eigenvalue weighted by molar-refractivity contribution is -0.385. The number of hydrogen-bond acceptors (Lipinski definition) is 8. The van der Waals surface area contributed by atoms with Gasteiger partial charge in [0.15, 0.2) is 11.5 Å². The first-order valence-electron chi connectivity index (χ1n) is 13.2. The summed E-state index contributed by atoms with van der Waals surface area (Å²) in [6, 6.07) is 31.9. The van der Waals surface area contributed by atoms with Crippen LogP contribution in [0, 0.1) is 17.0 Å². The van der Waals surface area contributed by atoms with E-state index in [-0.39, 0.29) is 33.9 Å². The molecule has 0 N–H and O–H groups in total. The molecular weight excluding hydrogens is 564 g/mol. The van der Waals surface area contributed by atoms with Crippen LogP contribution < -0.4 is 0 Å². The summed E-state index contributed by atoms with van der Waals surface area (Å²) < 4.78 is 0. The maximum absolute atomic E-state index is 13.4. The van der Waals surface area contributed by atoms with Crippen molar-refractivity contribution in [3.8, 4) is 0 Å². The number of carbonyl (C=O) groups excluding carboxylic acids is 3. The van der Waals surface area contributed by atoms with Gasteiger partial charge in [-0.2, -0.15) is 0 Å². The van der Waals surface area contributed by atoms with Gasteiger partial charge in [-0.3, -0.25) is 19.7 Å². The first-order valence-corrected chi connectivity index (χ1v) is 14.0. The van der Waals surface area contributed by atoms with Crippen LogP contribution in [0.2, 0.25) is 0 Å². The van der Waals surface area contributed by atoms with E-state index in [1.807, 2.05) is 54.6 Å². The molecule has 0 saturated carbocycles. The van der Waals surface area contributed by atoms with E-state index in [2.05, 4.69) is 5.16 Å². The van der Waals surface area contributed by atoms with E-state index in [9.17, 15) is 24.5 Å². The van der Waals surface area contributed by atoms with Gasteiger partial charge in [-0.05, 0) is 72.3 Å². The molecular formula is C34H24N2O6S. The number of carbonyl (C=O) groups is 3. The van der Waals surface area contributed by atoms with Crippen LogP contribution in [-0.2, 0) is 9.63 Å². The molecule has 43 heavy (non-hydrogen) atoms. The smallest absolute Gasteiger partial charge is 0.318 e. The molecule has 5 rings (SSSR count). The summed E-state index contributed by atoms with van der Waals surface area (Å²) in [5.41, 5.74) is 1.48. The topological polar surface area (TPSA) is 116 Å². The predicted octanol–water partition coefficient (Wildman–Crippen LogP) is 7.59. The Kier molecular flexibility index (Phi) is 8.54. The van der Waals surface area contributed by atoms with Crippen molar-refractivity contribution in [3.05, 3.63) is 147 Å². The number of hydrogen-bond donors (Lipinski definition) is 0. The number of nitro benzene ring substituents is 1. The molecule has 0 saturated heterocycles. The number of nitrogens with zero attached hydrogens (tertiary/aromatic N) is 2. The third-order valence-corrected chi connectivity index (χ3v) is 7.73. The van der Waals surface area contributed by atoms with Crippen LogP contribution in [0.5, 0.6) is 0 Å². The molecule has 0 aromatic heterocycles.